The number of unbranched alkanes of at least 4 members (excludes halogenated alkanes) is 1. The monoisotopic (exact) mass is 1790 g/mol. The Bertz CT molecular complexity index is 5240. The number of cyclic esters (lactones) is 1. The highest BCUT2D eigenvalue weighted by Crippen LogP contribution is 2.41. The Labute approximate surface area is 756 Å². The number of methoxy groups -OCH3 is 2. The van der Waals surface area contributed by atoms with Crippen molar-refractivity contribution in [1.82, 2.24) is 80.8 Å². The van der Waals surface area contributed by atoms with Gasteiger partial charge in [0.25, 0.3) is 17.7 Å². The van der Waals surface area contributed by atoms with Gasteiger partial charge in [0.2, 0.25) is 23.5 Å². The molecule has 5 aliphatic heterocycles. The van der Waals surface area contributed by atoms with E-state index in [1.807, 2.05) is 91.9 Å². The fourth-order valence-corrected chi connectivity index (χ4v) is 18.2. The lowest BCUT2D eigenvalue weighted by Gasteiger charge is -2.43. The predicted molar refractivity (Wildman–Crippen MR) is 483 cm³/mol. The Morgan fingerprint density at radius 1 is 0.785 bits per heavy atom. The molecule has 3 saturated heterocycles. The Balaban J connectivity index is 0.548. The number of nitrogens with two attached hydrogens (primary N) is 3. The lowest BCUT2D eigenvalue weighted by Crippen LogP contribution is -2.61. The van der Waals surface area contributed by atoms with E-state index in [-0.39, 0.29) is 92.6 Å². The normalized spacial score (nSPS) is 26.7. The van der Waals surface area contributed by atoms with Gasteiger partial charge in [-0.15, -0.1) is 10.6 Å². The SMILES string of the molecule is CO[C@H]1C[C@@H]2CC[C@@H](C)[C@@](O)(O2)C(=O)C(=O)N2CCCC[C@H]2C(=O)O[C@H]([C@H](N)C[C@@H]2CC[C@H](N3NNC=C3c3cccc(-c4cnc(N5CCN(C(=O)CCc6cn(CCOCCOCCC(=O)NCCCCn7nc(-c8ccc9oc(N)nc9c8)c8c(N)ncnc87)nn6)CC5)nc4)c3)[C@H](OC)C2)CC(=O)[C@H](C)/C=C(\C)[C@@H](O)[C@@H](O)C(=O)[C@H](C)C[C@H](C)/C=C/C=CC=C1C. The second kappa shape index (κ2) is 45.1. The predicted octanol–water partition coefficient (Wildman–Crippen LogP) is 7.01. The molecule has 1 aliphatic carbocycles. The molecule has 0 spiro atoms. The number of aromatic nitrogens is 10. The van der Waals surface area contributed by atoms with Gasteiger partial charge in [-0.05, 0) is 144 Å². The average molecular weight is 1800 g/mol. The van der Waals surface area contributed by atoms with Crippen molar-refractivity contribution in [1.29, 1.82) is 0 Å². The maximum Gasteiger partial charge on any atom is 0.329 e. The van der Waals surface area contributed by atoms with Gasteiger partial charge in [-0.3, -0.25) is 33.8 Å². The summed E-state index contributed by atoms with van der Waals surface area (Å²) >= 11 is 0. The summed E-state index contributed by atoms with van der Waals surface area (Å²) in [4.78, 5) is 126. The van der Waals surface area contributed by atoms with Crippen molar-refractivity contribution in [2.45, 2.75) is 224 Å². The summed E-state index contributed by atoms with van der Waals surface area (Å²) in [6.45, 7) is 15.3. The summed E-state index contributed by atoms with van der Waals surface area (Å²) in [6.07, 6.45) is 20.2. The molecule has 2 bridgehead atoms. The van der Waals surface area contributed by atoms with Crippen molar-refractivity contribution in [3.05, 3.63) is 132 Å². The number of carbonyl (C=O) groups is 7. The Kier molecular flexibility index (Phi) is 33.5. The zero-order chi connectivity index (χ0) is 92.3. The number of Topliss-reactive ketones (excluding diaryl/α,β-unsaturated/α-hetero) is 3. The van der Waals surface area contributed by atoms with E-state index in [4.69, 9.17) is 65.1 Å². The molecule has 15 atom stereocenters. The molecule has 37 heteroatoms. The molecular formula is C93H126N20O17. The molecule has 10 heterocycles. The largest absolute Gasteiger partial charge is 0.459 e. The van der Waals surface area contributed by atoms with Crippen molar-refractivity contribution in [2.24, 2.45) is 35.3 Å². The summed E-state index contributed by atoms with van der Waals surface area (Å²) in [5.74, 6) is -8.32. The van der Waals surface area contributed by atoms with E-state index in [0.29, 0.717) is 182 Å². The summed E-state index contributed by atoms with van der Waals surface area (Å²) in [6, 6.07) is 11.2. The van der Waals surface area contributed by atoms with Crippen LogP contribution in [0, 0.1) is 29.6 Å². The minimum Gasteiger partial charge on any atom is -0.459 e. The molecule has 5 aromatic heterocycles. The number of aryl methyl sites for hydroxylation is 2. The number of ether oxygens (including phenoxy) is 6. The third-order valence-corrected chi connectivity index (χ3v) is 25.9. The number of anilines is 3. The summed E-state index contributed by atoms with van der Waals surface area (Å²) in [7, 11) is 3.22. The molecule has 37 nitrogen and oxygen atoms in total. The molecule has 6 aliphatic rings. The first-order chi connectivity index (χ1) is 62.6. The van der Waals surface area contributed by atoms with Crippen LogP contribution >= 0.6 is 0 Å². The number of ketones is 3. The maximum atomic E-state index is 14.9. The highest BCUT2D eigenvalue weighted by atomic mass is 16.6. The van der Waals surface area contributed by atoms with Gasteiger partial charge in [0, 0.05) is 157 Å². The number of hydrogen-bond acceptors (Lipinski definition) is 32. The number of esters is 1. The van der Waals surface area contributed by atoms with Crippen LogP contribution < -0.4 is 38.4 Å². The number of rotatable bonds is 27. The number of allylic oxidation sites excluding steroid dienone is 6. The molecule has 4 fully saturated rings. The third-order valence-electron chi connectivity index (χ3n) is 25.9. The van der Waals surface area contributed by atoms with Crippen LogP contribution in [0.5, 0.6) is 0 Å². The third kappa shape index (κ3) is 24.2. The number of aliphatic hydroxyl groups excluding tert-OH is 2. The number of benzene rings is 2. The number of piperazine rings is 1. The molecule has 700 valence electrons. The van der Waals surface area contributed by atoms with Gasteiger partial charge in [0.15, 0.2) is 17.0 Å². The molecule has 130 heavy (non-hydrogen) atoms. The van der Waals surface area contributed by atoms with E-state index in [0.717, 1.165) is 44.8 Å². The molecular weight excluding hydrogens is 1670 g/mol. The van der Waals surface area contributed by atoms with E-state index in [9.17, 15) is 48.9 Å². The molecule has 0 radical (unpaired) electrons. The fourth-order valence-electron chi connectivity index (χ4n) is 18.2. The Morgan fingerprint density at radius 2 is 1.57 bits per heavy atom. The first-order valence-electron chi connectivity index (χ1n) is 45.5. The van der Waals surface area contributed by atoms with Crippen molar-refractivity contribution < 1.29 is 81.7 Å². The van der Waals surface area contributed by atoms with E-state index in [1.165, 1.54) is 19.3 Å². The molecule has 1 saturated carbocycles. The lowest BCUT2D eigenvalue weighted by atomic mass is 9.79. The van der Waals surface area contributed by atoms with Gasteiger partial charge < -0.3 is 90.8 Å². The average Bonchev–Trinajstić information content (AvgIpc) is 1.35. The maximum absolute atomic E-state index is 14.9. The highest BCUT2D eigenvalue weighted by Gasteiger charge is 2.53. The van der Waals surface area contributed by atoms with Gasteiger partial charge in [0.1, 0.15) is 53.5 Å². The molecule has 7 aromatic rings. The molecule has 0 unspecified atom stereocenters. The molecule has 3 amide bonds. The van der Waals surface area contributed by atoms with Gasteiger partial charge in [-0.25, -0.2) is 34.1 Å². The van der Waals surface area contributed by atoms with Crippen LogP contribution in [0.3, 0.4) is 0 Å². The second-order valence-electron chi connectivity index (χ2n) is 35.2. The van der Waals surface area contributed by atoms with Gasteiger partial charge in [-0.1, -0.05) is 87.6 Å². The first kappa shape index (κ1) is 96.4. The number of nitrogen functional groups attached to an aromatic ring is 2. The Morgan fingerprint density at radius 3 is 2.35 bits per heavy atom. The van der Waals surface area contributed by atoms with Crippen LogP contribution in [0.1, 0.15) is 156 Å². The van der Waals surface area contributed by atoms with Crippen LogP contribution in [0.2, 0.25) is 0 Å². The number of nitrogens with one attached hydrogen (secondary N) is 3. The highest BCUT2D eigenvalue weighted by molar-refractivity contribution is 6.39. The zero-order valence-corrected chi connectivity index (χ0v) is 75.5. The minimum atomic E-state index is -2.51. The minimum absolute atomic E-state index is 0.00971. The smallest absolute Gasteiger partial charge is 0.329 e. The number of hydrogen-bond donors (Lipinski definition) is 9. The summed E-state index contributed by atoms with van der Waals surface area (Å²) in [5.41, 5.74) is 34.2. The number of aliphatic hydroxyl groups is 3. The molecule has 2 aromatic carbocycles. The summed E-state index contributed by atoms with van der Waals surface area (Å²) < 4.78 is 45.1. The second-order valence-corrected chi connectivity index (χ2v) is 35.2. The lowest BCUT2D eigenvalue weighted by molar-refractivity contribution is -0.265. The van der Waals surface area contributed by atoms with Crippen molar-refractivity contribution in [3.8, 4) is 22.4 Å². The van der Waals surface area contributed by atoms with Crippen molar-refractivity contribution >= 4 is 86.7 Å². The van der Waals surface area contributed by atoms with Gasteiger partial charge >= 0.3 is 5.97 Å². The number of oxazole rings is 1. The first-order valence-corrected chi connectivity index (χ1v) is 45.5. The van der Waals surface area contributed by atoms with E-state index >= 15 is 0 Å². The van der Waals surface area contributed by atoms with Crippen LogP contribution in [0.15, 0.2) is 126 Å². The fraction of sp³-hybridized carbons (Fsp3) is 0.559. The number of fused-ring (bicyclic) bond motifs is 5. The number of piperidine rings is 1. The molecule has 12 N–H and O–H groups in total. The van der Waals surface area contributed by atoms with Crippen molar-refractivity contribution in [2.75, 3.05) is 96.3 Å². The molecule has 13 rings (SSSR count). The van der Waals surface area contributed by atoms with Crippen LogP contribution in [-0.2, 0) is 81.5 Å². The summed E-state index contributed by atoms with van der Waals surface area (Å²) in [5, 5.41) is 53.9. The van der Waals surface area contributed by atoms with Crippen LogP contribution in [0.25, 0.3) is 50.2 Å². The van der Waals surface area contributed by atoms with E-state index in [1.54, 1.807) is 62.8 Å². The standard InChI is InChI=1S/C93H126N20O17/c1-56-17-10-9-11-18-57(2)76(124-7)49-68-26-22-61(6)93(123,130-68)86(120)89(121)111-32-14-12-21-72(111)90(122)128-77(50-74(114)58(3)44-60(5)84(118)85(119)83(117)59(4)43-56)69(94)45-62-23-27-71(78(46-62)125-8)113-73(53-102-106-113)64-20-16-19-63(47-64)66-51-98-92(99-52-66)109-36-34-108(35-37-109)80(116)29-25-67-54-110(107-104-67)38-40-127-42-41-126-39-30-79(115)97-31-13-15-33-112-88-81(87(95)100-55-101-88)82(105-112)65-24-28-75-70(48-65)103-91(96)129-75/h9-11,16-20,24,28,44,47-48,51-56,58-59,61-62,68-69,71-72,76-78,84-85,102,106,118-119,123H,12-15,21-23,25-27,29-43,45-46,49-50,94H2,1-8H3,(H2,96,103)(H,97,115)(H2,95,100,101)/b11-9?,17-10+,57-18?,60-44+/t56-,58-,59-,61-,62+,68+,69-,71+,72+,76+,77+,78-,84-,85+,93-/m1/s1. The number of nitrogens with zero attached hydrogens (tertiary/aromatic N) is 14. The van der Waals surface area contributed by atoms with Crippen molar-refractivity contribution in [3.63, 3.8) is 0 Å². The van der Waals surface area contributed by atoms with E-state index < -0.39 is 95.4 Å². The topological polar surface area (TPSA) is 489 Å². The van der Waals surface area contributed by atoms with Gasteiger partial charge in [0.05, 0.1) is 74.1 Å². The zero-order valence-electron chi connectivity index (χ0n) is 75.5. The quantitative estimate of drug-likeness (QED) is 0.0108. The van der Waals surface area contributed by atoms with Crippen LogP contribution in [0.4, 0.5) is 17.8 Å². The van der Waals surface area contributed by atoms with E-state index in [2.05, 4.69) is 57.5 Å². The van der Waals surface area contributed by atoms with Gasteiger partial charge in [-0.2, -0.15) is 10.1 Å². The number of carbonyl (C=O) groups excluding carboxylic acids is 7. The van der Waals surface area contributed by atoms with Crippen LogP contribution in [-0.4, -0.2) is 261 Å². The number of hydrazine groups is 2. The number of amides is 3. The Hall–Kier alpha value is -11.1.